The normalized spacial score (nSPS) is 14.7. The summed E-state index contributed by atoms with van der Waals surface area (Å²) in [6.07, 6.45) is -3.81. The summed E-state index contributed by atoms with van der Waals surface area (Å²) in [6, 6.07) is 4.53. The molecule has 11 heteroatoms. The van der Waals surface area contributed by atoms with Gasteiger partial charge in [0.15, 0.2) is 0 Å². The van der Waals surface area contributed by atoms with Crippen molar-refractivity contribution in [2.24, 2.45) is 0 Å². The monoisotopic (exact) mass is 473 g/mol. The van der Waals surface area contributed by atoms with Gasteiger partial charge < -0.3 is 16.0 Å². The predicted octanol–water partition coefficient (Wildman–Crippen LogP) is 5.14. The highest BCUT2D eigenvalue weighted by Gasteiger charge is 2.32. The quantitative estimate of drug-likeness (QED) is 0.601. The largest absolute Gasteiger partial charge is 0.416 e. The first-order valence-corrected chi connectivity index (χ1v) is 10.5. The van der Waals surface area contributed by atoms with E-state index in [0.717, 1.165) is 18.2 Å². The Bertz CT molecular complexity index is 943. The second-order valence-corrected chi connectivity index (χ2v) is 8.04. The number of carbonyl (C=O) groups excluding carboxylic acids is 1. The molecule has 0 atom stereocenters. The summed E-state index contributed by atoms with van der Waals surface area (Å²) in [5.74, 6) is -1.64. The van der Waals surface area contributed by atoms with Crippen molar-refractivity contribution in [3.8, 4) is 11.3 Å². The van der Waals surface area contributed by atoms with Gasteiger partial charge in [-0.25, -0.2) is 0 Å². The molecule has 182 valence electrons. The second-order valence-electron chi connectivity index (χ2n) is 8.04. The van der Waals surface area contributed by atoms with Crippen LogP contribution < -0.4 is 11.1 Å². The molecular formula is C22H28F5N5O. The van der Waals surface area contributed by atoms with Gasteiger partial charge in [0.1, 0.15) is 5.82 Å². The maximum Gasteiger partial charge on any atom is 0.416 e. The number of hydrogen-bond acceptors (Lipinski definition) is 5. The number of halogens is 5. The van der Waals surface area contributed by atoms with E-state index in [0.29, 0.717) is 11.6 Å². The summed E-state index contributed by atoms with van der Waals surface area (Å²) < 4.78 is 63.3. The standard InChI is InChI=1S/C14H11F5N4O.C8H17N/c1-6-4-10(20)22-23-11(6)8-3-2-7(14(17,18)19)5-9(8)21-13(24)12(15)16;1-8(2)9-6-4-3-5-7-9/h2-5,12H,1H3,(H2,20,22)(H,21,24);8H,3-7H2,1-2H3. The van der Waals surface area contributed by atoms with Crippen LogP contribution in [0.1, 0.15) is 44.2 Å². The van der Waals surface area contributed by atoms with Gasteiger partial charge in [-0.2, -0.15) is 22.0 Å². The van der Waals surface area contributed by atoms with Crippen LogP contribution in [0.5, 0.6) is 0 Å². The minimum Gasteiger partial charge on any atom is -0.382 e. The lowest BCUT2D eigenvalue weighted by atomic mass is 10.0. The maximum atomic E-state index is 12.8. The summed E-state index contributed by atoms with van der Waals surface area (Å²) in [5, 5.41) is 9.12. The van der Waals surface area contributed by atoms with Gasteiger partial charge in [-0.15, -0.1) is 10.2 Å². The lowest BCUT2D eigenvalue weighted by Gasteiger charge is -2.29. The number of aromatic nitrogens is 2. The average molecular weight is 473 g/mol. The number of carbonyl (C=O) groups is 1. The van der Waals surface area contributed by atoms with Crippen LogP contribution in [-0.2, 0) is 11.0 Å². The number of benzene rings is 1. The zero-order valence-corrected chi connectivity index (χ0v) is 18.7. The van der Waals surface area contributed by atoms with E-state index in [4.69, 9.17) is 5.73 Å². The Morgan fingerprint density at radius 3 is 2.21 bits per heavy atom. The second kappa shape index (κ2) is 11.4. The molecule has 6 nitrogen and oxygen atoms in total. The van der Waals surface area contributed by atoms with E-state index < -0.39 is 29.8 Å². The van der Waals surface area contributed by atoms with Gasteiger partial charge in [0.25, 0.3) is 5.91 Å². The third kappa shape index (κ3) is 7.62. The van der Waals surface area contributed by atoms with Gasteiger partial charge in [-0.3, -0.25) is 4.79 Å². The molecule has 2 aromatic rings. The Kier molecular flexibility index (Phi) is 9.09. The van der Waals surface area contributed by atoms with Crippen LogP contribution in [-0.4, -0.2) is 46.6 Å². The van der Waals surface area contributed by atoms with Crippen molar-refractivity contribution in [1.29, 1.82) is 0 Å². The summed E-state index contributed by atoms with van der Waals surface area (Å²) >= 11 is 0. The fourth-order valence-corrected chi connectivity index (χ4v) is 3.42. The van der Waals surface area contributed by atoms with Crippen LogP contribution in [0.25, 0.3) is 11.3 Å². The number of hydrogen-bond donors (Lipinski definition) is 2. The Labute approximate surface area is 189 Å². The molecular weight excluding hydrogens is 445 g/mol. The molecule has 33 heavy (non-hydrogen) atoms. The van der Waals surface area contributed by atoms with Gasteiger partial charge in [0, 0.05) is 11.6 Å². The number of aryl methyl sites for hydroxylation is 1. The van der Waals surface area contributed by atoms with Crippen molar-refractivity contribution in [3.63, 3.8) is 0 Å². The summed E-state index contributed by atoms with van der Waals surface area (Å²) in [4.78, 5) is 13.8. The van der Waals surface area contributed by atoms with Gasteiger partial charge in [-0.05, 0) is 70.5 Å². The maximum absolute atomic E-state index is 12.8. The number of rotatable bonds is 4. The number of amides is 1. The molecule has 1 aliphatic rings. The van der Waals surface area contributed by atoms with E-state index >= 15 is 0 Å². The fourth-order valence-electron chi connectivity index (χ4n) is 3.42. The minimum atomic E-state index is -4.70. The number of likely N-dealkylation sites (tertiary alicyclic amines) is 1. The molecule has 1 aliphatic heterocycles. The number of alkyl halides is 5. The van der Waals surface area contributed by atoms with E-state index in [1.807, 2.05) is 0 Å². The van der Waals surface area contributed by atoms with Crippen molar-refractivity contribution in [1.82, 2.24) is 15.1 Å². The van der Waals surface area contributed by atoms with Crippen molar-refractivity contribution in [3.05, 3.63) is 35.4 Å². The summed E-state index contributed by atoms with van der Waals surface area (Å²) in [6.45, 7) is 8.79. The van der Waals surface area contributed by atoms with E-state index in [9.17, 15) is 26.7 Å². The molecule has 0 unspecified atom stereocenters. The Balaban J connectivity index is 0.000000357. The SMILES string of the molecule is CC(C)N1CCCCC1.Cc1cc(N)nnc1-c1ccc(C(F)(F)F)cc1NC(=O)C(F)F. The summed E-state index contributed by atoms with van der Waals surface area (Å²) in [5.41, 5.74) is 4.49. The molecule has 1 saturated heterocycles. The molecule has 0 spiro atoms. The van der Waals surface area contributed by atoms with Crippen LogP contribution in [0.4, 0.5) is 33.5 Å². The molecule has 1 amide bonds. The first-order chi connectivity index (χ1) is 15.4. The summed E-state index contributed by atoms with van der Waals surface area (Å²) in [7, 11) is 0. The van der Waals surface area contributed by atoms with Crippen LogP contribution >= 0.6 is 0 Å². The van der Waals surface area contributed by atoms with Crippen molar-refractivity contribution in [2.75, 3.05) is 24.1 Å². The molecule has 0 radical (unpaired) electrons. The lowest BCUT2D eigenvalue weighted by Crippen LogP contribution is -2.35. The first-order valence-electron chi connectivity index (χ1n) is 10.5. The highest BCUT2D eigenvalue weighted by Crippen LogP contribution is 2.36. The van der Waals surface area contributed by atoms with Gasteiger partial charge in [-0.1, -0.05) is 12.5 Å². The molecule has 3 N–H and O–H groups in total. The first kappa shape index (κ1) is 26.4. The zero-order chi connectivity index (χ0) is 24.8. The molecule has 1 aromatic carbocycles. The number of anilines is 2. The van der Waals surface area contributed by atoms with Crippen molar-refractivity contribution >= 4 is 17.4 Å². The molecule has 1 aromatic heterocycles. The molecule has 0 bridgehead atoms. The molecule has 0 aliphatic carbocycles. The third-order valence-corrected chi connectivity index (χ3v) is 5.18. The topological polar surface area (TPSA) is 84.1 Å². The Hall–Kier alpha value is -2.82. The number of piperidine rings is 1. The molecule has 3 rings (SSSR count). The van der Waals surface area contributed by atoms with Gasteiger partial charge in [0.05, 0.1) is 16.9 Å². The fraction of sp³-hybridized carbons (Fsp3) is 0.500. The number of nitrogens with two attached hydrogens (primary N) is 1. The van der Waals surface area contributed by atoms with Gasteiger partial charge >= 0.3 is 12.6 Å². The number of nitrogens with one attached hydrogen (secondary N) is 1. The zero-order valence-electron chi connectivity index (χ0n) is 18.7. The van der Waals surface area contributed by atoms with Crippen LogP contribution in [0.15, 0.2) is 24.3 Å². The van der Waals surface area contributed by atoms with Gasteiger partial charge in [0.2, 0.25) is 0 Å². The number of nitrogen functional groups attached to an aromatic ring is 1. The van der Waals surface area contributed by atoms with E-state index in [1.165, 1.54) is 38.4 Å². The Morgan fingerprint density at radius 1 is 1.09 bits per heavy atom. The van der Waals surface area contributed by atoms with Crippen LogP contribution in [0.2, 0.25) is 0 Å². The van der Waals surface area contributed by atoms with Crippen LogP contribution in [0.3, 0.4) is 0 Å². The van der Waals surface area contributed by atoms with E-state index in [2.05, 4.69) is 28.9 Å². The average Bonchev–Trinajstić information content (AvgIpc) is 2.74. The van der Waals surface area contributed by atoms with E-state index in [-0.39, 0.29) is 17.1 Å². The smallest absolute Gasteiger partial charge is 0.382 e. The van der Waals surface area contributed by atoms with Crippen molar-refractivity contribution < 1.29 is 26.7 Å². The molecule has 1 fully saturated rings. The lowest BCUT2D eigenvalue weighted by molar-refractivity contribution is -0.137. The Morgan fingerprint density at radius 2 is 1.73 bits per heavy atom. The third-order valence-electron chi connectivity index (χ3n) is 5.18. The van der Waals surface area contributed by atoms with Crippen molar-refractivity contribution in [2.45, 2.75) is 58.7 Å². The molecule has 2 heterocycles. The number of nitrogens with zero attached hydrogens (tertiary/aromatic N) is 3. The predicted molar refractivity (Wildman–Crippen MR) is 117 cm³/mol. The highest BCUT2D eigenvalue weighted by molar-refractivity contribution is 5.97. The van der Waals surface area contributed by atoms with Crippen LogP contribution in [0, 0.1) is 6.92 Å². The van der Waals surface area contributed by atoms with E-state index in [1.54, 1.807) is 12.2 Å². The highest BCUT2D eigenvalue weighted by atomic mass is 19.4. The molecule has 0 saturated carbocycles. The minimum absolute atomic E-state index is 0.0157.